The topological polar surface area (TPSA) is 89.4 Å². The van der Waals surface area contributed by atoms with Crippen LogP contribution in [0.15, 0.2) is 6.33 Å². The van der Waals surface area contributed by atoms with E-state index in [0.29, 0.717) is 25.6 Å². The first kappa shape index (κ1) is 16.5. The predicted molar refractivity (Wildman–Crippen MR) is 88.6 cm³/mol. The lowest BCUT2D eigenvalue weighted by Gasteiger charge is -2.42. The summed E-state index contributed by atoms with van der Waals surface area (Å²) in [6, 6.07) is 0. The van der Waals surface area contributed by atoms with E-state index >= 15 is 0 Å². The first-order chi connectivity index (χ1) is 12.1. The molecule has 3 aliphatic rings. The number of carbonyl (C=O) groups is 2. The van der Waals surface area contributed by atoms with Gasteiger partial charge in [-0.2, -0.15) is 0 Å². The van der Waals surface area contributed by atoms with Crippen LogP contribution in [0.25, 0.3) is 0 Å². The molecule has 1 saturated carbocycles. The maximum atomic E-state index is 12.6. The van der Waals surface area contributed by atoms with Gasteiger partial charge in [-0.05, 0) is 31.6 Å². The number of aromatic nitrogens is 3. The Balaban J connectivity index is 1.34. The monoisotopic (exact) mass is 347 g/mol. The molecule has 3 fully saturated rings. The molecular formula is C17H25N5O3. The highest BCUT2D eigenvalue weighted by Crippen LogP contribution is 2.32. The second kappa shape index (κ2) is 6.74. The molecule has 1 aromatic heterocycles. The van der Waals surface area contributed by atoms with Gasteiger partial charge in [0, 0.05) is 32.6 Å². The van der Waals surface area contributed by atoms with Crippen molar-refractivity contribution >= 4 is 11.8 Å². The number of hydrogen-bond donors (Lipinski definition) is 1. The van der Waals surface area contributed by atoms with Crippen molar-refractivity contribution in [3.8, 4) is 0 Å². The highest BCUT2D eigenvalue weighted by Gasteiger charge is 2.40. The van der Waals surface area contributed by atoms with Gasteiger partial charge in [-0.1, -0.05) is 0 Å². The van der Waals surface area contributed by atoms with Gasteiger partial charge in [0.15, 0.2) is 0 Å². The summed E-state index contributed by atoms with van der Waals surface area (Å²) >= 11 is 0. The third-order valence-electron chi connectivity index (χ3n) is 5.47. The van der Waals surface area contributed by atoms with Crippen LogP contribution < -0.4 is 5.32 Å². The van der Waals surface area contributed by atoms with E-state index in [0.717, 1.165) is 19.4 Å². The zero-order chi connectivity index (χ0) is 17.4. The van der Waals surface area contributed by atoms with Crippen molar-refractivity contribution in [1.82, 2.24) is 25.0 Å². The quantitative estimate of drug-likeness (QED) is 0.841. The Kier molecular flexibility index (Phi) is 4.45. The second-order valence-electron chi connectivity index (χ2n) is 7.53. The molecule has 136 valence electrons. The van der Waals surface area contributed by atoms with E-state index in [1.165, 1.54) is 23.9 Å². The lowest BCUT2D eigenvalue weighted by atomic mass is 9.83. The molecule has 2 saturated heterocycles. The summed E-state index contributed by atoms with van der Waals surface area (Å²) in [6.45, 7) is 2.54. The normalized spacial score (nSPS) is 29.2. The van der Waals surface area contributed by atoms with Gasteiger partial charge in [0.25, 0.3) is 5.91 Å². The summed E-state index contributed by atoms with van der Waals surface area (Å²) in [6.07, 6.45) is 5.72. The van der Waals surface area contributed by atoms with Crippen molar-refractivity contribution in [1.29, 1.82) is 0 Å². The number of likely N-dealkylation sites (tertiary alicyclic amines) is 1. The molecular weight excluding hydrogens is 322 g/mol. The molecule has 25 heavy (non-hydrogen) atoms. The molecule has 0 unspecified atom stereocenters. The molecule has 8 heteroatoms. The third kappa shape index (κ3) is 3.68. The zero-order valence-electron chi connectivity index (χ0n) is 14.6. The third-order valence-corrected chi connectivity index (χ3v) is 5.47. The molecule has 0 spiro atoms. The first-order valence-electron chi connectivity index (χ1n) is 9.14. The van der Waals surface area contributed by atoms with Crippen LogP contribution in [0.3, 0.4) is 0 Å². The fourth-order valence-corrected chi connectivity index (χ4v) is 3.79. The van der Waals surface area contributed by atoms with Gasteiger partial charge in [-0.3, -0.25) is 14.3 Å². The highest BCUT2D eigenvalue weighted by molar-refractivity contribution is 5.90. The Hall–Kier alpha value is -1.96. The number of carbonyl (C=O) groups excluding carboxylic acids is 2. The molecule has 0 radical (unpaired) electrons. The maximum absolute atomic E-state index is 12.6. The van der Waals surface area contributed by atoms with Gasteiger partial charge in [-0.25, -0.2) is 4.98 Å². The smallest absolute Gasteiger partial charge is 0.293 e. The molecule has 1 N–H and O–H groups in total. The van der Waals surface area contributed by atoms with E-state index in [4.69, 9.17) is 4.74 Å². The van der Waals surface area contributed by atoms with Crippen molar-refractivity contribution in [3.63, 3.8) is 0 Å². The van der Waals surface area contributed by atoms with Crippen LogP contribution in [-0.4, -0.2) is 63.8 Å². The van der Waals surface area contributed by atoms with Gasteiger partial charge in [0.2, 0.25) is 11.7 Å². The standard InChI is InChI=1S/C17H25N5O3/c1-21-10-19-15(20-21)17(24)22-5-4-14-12(8-22)6-13(9-25-14)16(23)18-7-11-2-3-11/h10-14H,2-9H2,1H3,(H,18,23)/t12-,13-,14+/m0/s1. The Morgan fingerprint density at radius 2 is 2.20 bits per heavy atom. The lowest BCUT2D eigenvalue weighted by molar-refractivity contribution is -0.138. The number of nitrogens with zero attached hydrogens (tertiary/aromatic N) is 4. The average Bonchev–Trinajstić information content (AvgIpc) is 3.37. The molecule has 1 aromatic rings. The van der Waals surface area contributed by atoms with E-state index in [1.54, 1.807) is 11.9 Å². The lowest BCUT2D eigenvalue weighted by Crippen LogP contribution is -2.52. The molecule has 4 rings (SSSR count). The van der Waals surface area contributed by atoms with Gasteiger partial charge >= 0.3 is 0 Å². The van der Waals surface area contributed by atoms with Crippen LogP contribution in [0.4, 0.5) is 0 Å². The molecule has 0 bridgehead atoms. The van der Waals surface area contributed by atoms with E-state index in [9.17, 15) is 9.59 Å². The molecule has 8 nitrogen and oxygen atoms in total. The number of rotatable bonds is 4. The largest absolute Gasteiger partial charge is 0.377 e. The van der Waals surface area contributed by atoms with Gasteiger partial charge in [0.1, 0.15) is 6.33 Å². The van der Waals surface area contributed by atoms with Crippen LogP contribution in [0.5, 0.6) is 0 Å². The molecule has 3 heterocycles. The van der Waals surface area contributed by atoms with Crippen molar-refractivity contribution in [3.05, 3.63) is 12.2 Å². The van der Waals surface area contributed by atoms with Gasteiger partial charge in [-0.15, -0.1) is 5.10 Å². The van der Waals surface area contributed by atoms with Crippen LogP contribution in [0.2, 0.25) is 0 Å². The van der Waals surface area contributed by atoms with E-state index in [1.807, 2.05) is 0 Å². The van der Waals surface area contributed by atoms with Crippen molar-refractivity contribution in [2.24, 2.45) is 24.8 Å². The van der Waals surface area contributed by atoms with Crippen LogP contribution in [-0.2, 0) is 16.6 Å². The van der Waals surface area contributed by atoms with E-state index in [2.05, 4.69) is 15.4 Å². The molecule has 0 aromatic carbocycles. The van der Waals surface area contributed by atoms with Crippen LogP contribution in [0, 0.1) is 17.8 Å². The highest BCUT2D eigenvalue weighted by atomic mass is 16.5. The Labute approximate surface area is 146 Å². The number of piperidine rings is 1. The number of nitrogens with one attached hydrogen (secondary N) is 1. The average molecular weight is 347 g/mol. The van der Waals surface area contributed by atoms with Crippen molar-refractivity contribution in [2.75, 3.05) is 26.2 Å². The summed E-state index contributed by atoms with van der Waals surface area (Å²) in [7, 11) is 1.75. The molecule has 1 aliphatic carbocycles. The van der Waals surface area contributed by atoms with Gasteiger partial charge in [0.05, 0.1) is 18.6 Å². The van der Waals surface area contributed by atoms with Crippen LogP contribution >= 0.6 is 0 Å². The second-order valence-corrected chi connectivity index (χ2v) is 7.53. The van der Waals surface area contributed by atoms with E-state index < -0.39 is 0 Å². The zero-order valence-corrected chi connectivity index (χ0v) is 14.6. The molecule has 2 aliphatic heterocycles. The number of ether oxygens (including phenoxy) is 1. The summed E-state index contributed by atoms with van der Waals surface area (Å²) < 4.78 is 7.47. The molecule has 2 amide bonds. The number of aryl methyl sites for hydroxylation is 1. The Morgan fingerprint density at radius 3 is 2.92 bits per heavy atom. The summed E-state index contributed by atoms with van der Waals surface area (Å²) in [4.78, 5) is 30.8. The number of fused-ring (bicyclic) bond motifs is 1. The molecule has 3 atom stereocenters. The number of amides is 2. The summed E-state index contributed by atoms with van der Waals surface area (Å²) in [5.74, 6) is 0.959. The SMILES string of the molecule is Cn1cnc(C(=O)N2CC[C@H]3OC[C@@H](C(=O)NCC4CC4)C[C@H]3C2)n1. The minimum absolute atomic E-state index is 0.0974. The van der Waals surface area contributed by atoms with Crippen LogP contribution in [0.1, 0.15) is 36.3 Å². The number of hydrogen-bond acceptors (Lipinski definition) is 5. The summed E-state index contributed by atoms with van der Waals surface area (Å²) in [5.41, 5.74) is 0. The minimum Gasteiger partial charge on any atom is -0.377 e. The minimum atomic E-state index is -0.139. The first-order valence-corrected chi connectivity index (χ1v) is 9.14. The maximum Gasteiger partial charge on any atom is 0.293 e. The fraction of sp³-hybridized carbons (Fsp3) is 0.765. The fourth-order valence-electron chi connectivity index (χ4n) is 3.79. The predicted octanol–water partition coefficient (Wildman–Crippen LogP) is 0.209. The summed E-state index contributed by atoms with van der Waals surface area (Å²) in [5, 5.41) is 7.15. The Bertz CT molecular complexity index is 656. The van der Waals surface area contributed by atoms with Crippen molar-refractivity contribution < 1.29 is 14.3 Å². The Morgan fingerprint density at radius 1 is 1.36 bits per heavy atom. The van der Waals surface area contributed by atoms with Crippen molar-refractivity contribution in [2.45, 2.75) is 31.8 Å². The van der Waals surface area contributed by atoms with Gasteiger partial charge < -0.3 is 15.0 Å². The van der Waals surface area contributed by atoms with E-state index in [-0.39, 0.29) is 35.6 Å².